The number of nitrogens with one attached hydrogen (secondary N) is 1. The lowest BCUT2D eigenvalue weighted by atomic mass is 10.2. The predicted molar refractivity (Wildman–Crippen MR) is 71.8 cm³/mol. The van der Waals surface area contributed by atoms with Gasteiger partial charge in [-0.3, -0.25) is 4.79 Å². The Balaban J connectivity index is 1.97. The van der Waals surface area contributed by atoms with Crippen LogP contribution in [-0.4, -0.2) is 10.9 Å². The summed E-state index contributed by atoms with van der Waals surface area (Å²) in [5.41, 5.74) is 6.85. The molecule has 0 radical (unpaired) electrons. The molecule has 2 aromatic rings. The van der Waals surface area contributed by atoms with E-state index < -0.39 is 0 Å². The molecule has 0 aliphatic heterocycles. The van der Waals surface area contributed by atoms with E-state index in [4.69, 9.17) is 5.73 Å². The molecule has 0 fully saturated rings. The number of nitrogens with zero attached hydrogens (tertiary/aromatic N) is 1. The van der Waals surface area contributed by atoms with E-state index in [0.717, 1.165) is 10.0 Å². The standard InChI is InChI=1S/C11H10BrN3OS/c12-8-3-1-2-7(4-8)5-14-10(16)9-6-17-11(13)15-9/h1-4,6H,5H2,(H2,13,15)(H,14,16). The number of amides is 1. The summed E-state index contributed by atoms with van der Waals surface area (Å²) in [5, 5.41) is 4.83. The van der Waals surface area contributed by atoms with Gasteiger partial charge in [-0.15, -0.1) is 11.3 Å². The Morgan fingerprint density at radius 2 is 2.35 bits per heavy atom. The quantitative estimate of drug-likeness (QED) is 0.914. The molecule has 4 nitrogen and oxygen atoms in total. The largest absolute Gasteiger partial charge is 0.375 e. The smallest absolute Gasteiger partial charge is 0.271 e. The van der Waals surface area contributed by atoms with Crippen LogP contribution in [0.1, 0.15) is 16.1 Å². The van der Waals surface area contributed by atoms with Gasteiger partial charge in [0.2, 0.25) is 0 Å². The number of hydrogen-bond acceptors (Lipinski definition) is 4. The molecule has 2 rings (SSSR count). The third-order valence-corrected chi connectivity index (χ3v) is 3.26. The highest BCUT2D eigenvalue weighted by Crippen LogP contribution is 2.13. The number of aromatic nitrogens is 1. The zero-order valence-electron chi connectivity index (χ0n) is 8.81. The van der Waals surface area contributed by atoms with Crippen molar-refractivity contribution in [1.29, 1.82) is 0 Å². The van der Waals surface area contributed by atoms with Crippen molar-refractivity contribution < 1.29 is 4.79 Å². The molecule has 0 unspecified atom stereocenters. The number of benzene rings is 1. The minimum Gasteiger partial charge on any atom is -0.375 e. The van der Waals surface area contributed by atoms with Crippen LogP contribution < -0.4 is 11.1 Å². The van der Waals surface area contributed by atoms with Gasteiger partial charge in [0, 0.05) is 16.4 Å². The number of hydrogen-bond donors (Lipinski definition) is 2. The number of nitrogen functional groups attached to an aromatic ring is 1. The highest BCUT2D eigenvalue weighted by atomic mass is 79.9. The molecule has 6 heteroatoms. The number of carbonyl (C=O) groups excluding carboxylic acids is 1. The molecule has 0 saturated heterocycles. The van der Waals surface area contributed by atoms with E-state index in [9.17, 15) is 4.79 Å². The second kappa shape index (κ2) is 5.29. The topological polar surface area (TPSA) is 68.0 Å². The van der Waals surface area contributed by atoms with Crippen molar-refractivity contribution in [3.63, 3.8) is 0 Å². The third-order valence-electron chi connectivity index (χ3n) is 2.10. The van der Waals surface area contributed by atoms with Crippen LogP contribution in [-0.2, 0) is 6.54 Å². The summed E-state index contributed by atoms with van der Waals surface area (Å²) >= 11 is 4.63. The minimum absolute atomic E-state index is 0.210. The Morgan fingerprint density at radius 1 is 1.53 bits per heavy atom. The second-order valence-electron chi connectivity index (χ2n) is 3.38. The Bertz CT molecular complexity index is 541. The highest BCUT2D eigenvalue weighted by molar-refractivity contribution is 9.10. The van der Waals surface area contributed by atoms with Gasteiger partial charge in [0.1, 0.15) is 5.69 Å². The fraction of sp³-hybridized carbons (Fsp3) is 0.0909. The first kappa shape index (κ1) is 12.1. The first-order valence-electron chi connectivity index (χ1n) is 4.89. The van der Waals surface area contributed by atoms with Gasteiger partial charge in [0.05, 0.1) is 0 Å². The van der Waals surface area contributed by atoms with Gasteiger partial charge in [-0.1, -0.05) is 28.1 Å². The molecule has 0 atom stereocenters. The average Bonchev–Trinajstić information content (AvgIpc) is 2.73. The number of anilines is 1. The molecule has 1 heterocycles. The predicted octanol–water partition coefficient (Wildman–Crippen LogP) is 2.42. The summed E-state index contributed by atoms with van der Waals surface area (Å²) < 4.78 is 0.988. The molecule has 3 N–H and O–H groups in total. The summed E-state index contributed by atoms with van der Waals surface area (Å²) in [6, 6.07) is 7.76. The summed E-state index contributed by atoms with van der Waals surface area (Å²) in [4.78, 5) is 15.6. The normalized spacial score (nSPS) is 10.2. The summed E-state index contributed by atoms with van der Waals surface area (Å²) in [5.74, 6) is -0.210. The van der Waals surface area contributed by atoms with Gasteiger partial charge in [0.25, 0.3) is 5.91 Å². The maximum Gasteiger partial charge on any atom is 0.271 e. The number of rotatable bonds is 3. The monoisotopic (exact) mass is 311 g/mol. The Hall–Kier alpha value is -1.40. The van der Waals surface area contributed by atoms with Crippen molar-refractivity contribution in [3.8, 4) is 0 Å². The number of thiazole rings is 1. The Labute approximate surface area is 111 Å². The van der Waals surface area contributed by atoms with E-state index in [1.807, 2.05) is 24.3 Å². The number of carbonyl (C=O) groups is 1. The highest BCUT2D eigenvalue weighted by Gasteiger charge is 2.08. The molecule has 1 aromatic heterocycles. The molecule has 0 saturated carbocycles. The van der Waals surface area contributed by atoms with E-state index in [2.05, 4.69) is 26.2 Å². The summed E-state index contributed by atoms with van der Waals surface area (Å²) in [6.45, 7) is 0.468. The van der Waals surface area contributed by atoms with Crippen LogP contribution in [0, 0.1) is 0 Å². The van der Waals surface area contributed by atoms with Crippen LogP contribution >= 0.6 is 27.3 Å². The van der Waals surface area contributed by atoms with E-state index in [-0.39, 0.29) is 5.91 Å². The molecule has 88 valence electrons. The van der Waals surface area contributed by atoms with Crippen LogP contribution in [0.25, 0.3) is 0 Å². The van der Waals surface area contributed by atoms with E-state index in [1.54, 1.807) is 5.38 Å². The first-order chi connectivity index (χ1) is 8.15. The zero-order valence-corrected chi connectivity index (χ0v) is 11.2. The lowest BCUT2D eigenvalue weighted by Crippen LogP contribution is -2.23. The lowest BCUT2D eigenvalue weighted by molar-refractivity contribution is 0.0946. The maximum atomic E-state index is 11.7. The molecule has 17 heavy (non-hydrogen) atoms. The van der Waals surface area contributed by atoms with Gasteiger partial charge in [-0.25, -0.2) is 4.98 Å². The zero-order chi connectivity index (χ0) is 12.3. The second-order valence-corrected chi connectivity index (χ2v) is 5.19. The van der Waals surface area contributed by atoms with Gasteiger partial charge in [0.15, 0.2) is 5.13 Å². The van der Waals surface area contributed by atoms with Gasteiger partial charge in [-0.05, 0) is 17.7 Å². The van der Waals surface area contributed by atoms with Crippen molar-refractivity contribution in [2.24, 2.45) is 0 Å². The molecule has 0 spiro atoms. The minimum atomic E-state index is -0.210. The van der Waals surface area contributed by atoms with E-state index >= 15 is 0 Å². The van der Waals surface area contributed by atoms with E-state index in [1.165, 1.54) is 11.3 Å². The maximum absolute atomic E-state index is 11.7. The third kappa shape index (κ3) is 3.28. The summed E-state index contributed by atoms with van der Waals surface area (Å²) in [7, 11) is 0. The molecule has 1 amide bonds. The van der Waals surface area contributed by atoms with Gasteiger partial charge >= 0.3 is 0 Å². The van der Waals surface area contributed by atoms with Crippen molar-refractivity contribution in [3.05, 3.63) is 45.4 Å². The average molecular weight is 312 g/mol. The number of nitrogens with two attached hydrogens (primary N) is 1. The van der Waals surface area contributed by atoms with Crippen molar-refractivity contribution in [1.82, 2.24) is 10.3 Å². The fourth-order valence-corrected chi connectivity index (χ4v) is 2.30. The SMILES string of the molecule is Nc1nc(C(=O)NCc2cccc(Br)c2)cs1. The molecular weight excluding hydrogens is 302 g/mol. The molecule has 0 aliphatic carbocycles. The first-order valence-corrected chi connectivity index (χ1v) is 6.56. The van der Waals surface area contributed by atoms with Crippen molar-refractivity contribution >= 4 is 38.3 Å². The van der Waals surface area contributed by atoms with Crippen LogP contribution in [0.3, 0.4) is 0 Å². The van der Waals surface area contributed by atoms with Crippen LogP contribution in [0.4, 0.5) is 5.13 Å². The lowest BCUT2D eigenvalue weighted by Gasteiger charge is -2.03. The summed E-state index contributed by atoms with van der Waals surface area (Å²) in [6.07, 6.45) is 0. The molecular formula is C11H10BrN3OS. The molecule has 0 bridgehead atoms. The Morgan fingerprint density at radius 3 is 3.00 bits per heavy atom. The molecule has 1 aromatic carbocycles. The van der Waals surface area contributed by atoms with Crippen LogP contribution in [0.5, 0.6) is 0 Å². The van der Waals surface area contributed by atoms with Gasteiger partial charge in [-0.2, -0.15) is 0 Å². The van der Waals surface area contributed by atoms with Crippen molar-refractivity contribution in [2.45, 2.75) is 6.54 Å². The van der Waals surface area contributed by atoms with Gasteiger partial charge < -0.3 is 11.1 Å². The molecule has 0 aliphatic rings. The van der Waals surface area contributed by atoms with Crippen molar-refractivity contribution in [2.75, 3.05) is 5.73 Å². The van der Waals surface area contributed by atoms with Crippen LogP contribution in [0.2, 0.25) is 0 Å². The van der Waals surface area contributed by atoms with Crippen LogP contribution in [0.15, 0.2) is 34.1 Å². The fourth-order valence-electron chi connectivity index (χ4n) is 1.31. The Kier molecular flexibility index (Phi) is 3.75. The number of halogens is 1. The van der Waals surface area contributed by atoms with E-state index in [0.29, 0.717) is 17.4 Å².